The molecule has 0 unspecified atom stereocenters. The number of aromatic nitrogens is 3. The van der Waals surface area contributed by atoms with Gasteiger partial charge in [-0.1, -0.05) is 0 Å². The fourth-order valence-electron chi connectivity index (χ4n) is 1.70. The summed E-state index contributed by atoms with van der Waals surface area (Å²) >= 11 is 0. The van der Waals surface area contributed by atoms with E-state index in [9.17, 15) is 0 Å². The maximum Gasteiger partial charge on any atom is 0.126 e. The SMILES string of the molecule is Cc1nccn1-c1ccc(NC2CC2)nc1. The van der Waals surface area contributed by atoms with Crippen LogP contribution in [0.15, 0.2) is 30.7 Å². The lowest BCUT2D eigenvalue weighted by Gasteiger charge is -2.06. The molecule has 0 aliphatic heterocycles. The molecular formula is C12H14N4. The van der Waals surface area contributed by atoms with Crippen LogP contribution in [0.2, 0.25) is 0 Å². The van der Waals surface area contributed by atoms with E-state index in [1.54, 1.807) is 6.20 Å². The van der Waals surface area contributed by atoms with Crippen LogP contribution < -0.4 is 5.32 Å². The Morgan fingerprint density at radius 1 is 1.31 bits per heavy atom. The molecule has 82 valence electrons. The predicted molar refractivity (Wildman–Crippen MR) is 62.7 cm³/mol. The Balaban J connectivity index is 1.83. The second-order valence-electron chi connectivity index (χ2n) is 4.16. The monoisotopic (exact) mass is 214 g/mol. The molecule has 0 bridgehead atoms. The van der Waals surface area contributed by atoms with Gasteiger partial charge in [0.05, 0.1) is 11.9 Å². The molecule has 0 aromatic carbocycles. The summed E-state index contributed by atoms with van der Waals surface area (Å²) in [5.74, 6) is 1.94. The first kappa shape index (κ1) is 9.39. The molecule has 0 amide bonds. The van der Waals surface area contributed by atoms with Crippen LogP contribution in [0.4, 0.5) is 5.82 Å². The molecule has 0 saturated heterocycles. The van der Waals surface area contributed by atoms with Gasteiger partial charge in [0.25, 0.3) is 0 Å². The largest absolute Gasteiger partial charge is 0.367 e. The smallest absolute Gasteiger partial charge is 0.126 e. The van der Waals surface area contributed by atoms with Crippen molar-refractivity contribution in [1.82, 2.24) is 14.5 Å². The summed E-state index contributed by atoms with van der Waals surface area (Å²) in [6.45, 7) is 1.98. The normalized spacial score (nSPS) is 15.1. The molecule has 0 atom stereocenters. The Hall–Kier alpha value is -1.84. The molecule has 1 fully saturated rings. The summed E-state index contributed by atoms with van der Waals surface area (Å²) in [4.78, 5) is 8.59. The van der Waals surface area contributed by atoms with Gasteiger partial charge in [-0.2, -0.15) is 0 Å². The van der Waals surface area contributed by atoms with E-state index in [0.29, 0.717) is 6.04 Å². The van der Waals surface area contributed by atoms with Crippen molar-refractivity contribution in [1.29, 1.82) is 0 Å². The first-order valence-corrected chi connectivity index (χ1v) is 5.56. The zero-order valence-electron chi connectivity index (χ0n) is 9.22. The van der Waals surface area contributed by atoms with Crippen LogP contribution in [-0.2, 0) is 0 Å². The van der Waals surface area contributed by atoms with Crippen molar-refractivity contribution in [3.8, 4) is 5.69 Å². The van der Waals surface area contributed by atoms with Crippen molar-refractivity contribution >= 4 is 5.82 Å². The number of nitrogens with zero attached hydrogens (tertiary/aromatic N) is 3. The van der Waals surface area contributed by atoms with Crippen molar-refractivity contribution in [2.45, 2.75) is 25.8 Å². The highest BCUT2D eigenvalue weighted by atomic mass is 15.1. The number of anilines is 1. The molecule has 1 aliphatic rings. The molecule has 2 aromatic heterocycles. The van der Waals surface area contributed by atoms with Crippen molar-refractivity contribution in [2.75, 3.05) is 5.32 Å². The lowest BCUT2D eigenvalue weighted by molar-refractivity contribution is 0.963. The summed E-state index contributed by atoms with van der Waals surface area (Å²) in [6.07, 6.45) is 8.15. The van der Waals surface area contributed by atoms with Crippen molar-refractivity contribution in [2.24, 2.45) is 0 Å². The first-order chi connectivity index (χ1) is 7.83. The van der Waals surface area contributed by atoms with Gasteiger partial charge in [-0.25, -0.2) is 9.97 Å². The van der Waals surface area contributed by atoms with Gasteiger partial charge in [-0.3, -0.25) is 0 Å². The number of hydrogen-bond donors (Lipinski definition) is 1. The van der Waals surface area contributed by atoms with E-state index in [-0.39, 0.29) is 0 Å². The minimum absolute atomic E-state index is 0.647. The van der Waals surface area contributed by atoms with Crippen LogP contribution in [0.5, 0.6) is 0 Å². The van der Waals surface area contributed by atoms with Crippen LogP contribution in [0.3, 0.4) is 0 Å². The van der Waals surface area contributed by atoms with E-state index < -0.39 is 0 Å². The van der Waals surface area contributed by atoms with Crippen LogP contribution in [0, 0.1) is 6.92 Å². The fourth-order valence-corrected chi connectivity index (χ4v) is 1.70. The van der Waals surface area contributed by atoms with E-state index in [0.717, 1.165) is 17.3 Å². The van der Waals surface area contributed by atoms with E-state index in [1.807, 2.05) is 30.0 Å². The van der Waals surface area contributed by atoms with Crippen LogP contribution in [0.1, 0.15) is 18.7 Å². The lowest BCUT2D eigenvalue weighted by atomic mass is 10.4. The quantitative estimate of drug-likeness (QED) is 0.851. The molecule has 1 N–H and O–H groups in total. The Labute approximate surface area is 94.4 Å². The van der Waals surface area contributed by atoms with Gasteiger partial charge < -0.3 is 9.88 Å². The number of aryl methyl sites for hydroxylation is 1. The van der Waals surface area contributed by atoms with Gasteiger partial charge in [0.2, 0.25) is 0 Å². The Morgan fingerprint density at radius 3 is 2.75 bits per heavy atom. The van der Waals surface area contributed by atoms with Gasteiger partial charge >= 0.3 is 0 Å². The van der Waals surface area contributed by atoms with Gasteiger partial charge in [0, 0.05) is 18.4 Å². The van der Waals surface area contributed by atoms with Gasteiger partial charge in [0.1, 0.15) is 11.6 Å². The second-order valence-corrected chi connectivity index (χ2v) is 4.16. The molecule has 1 saturated carbocycles. The summed E-state index contributed by atoms with van der Waals surface area (Å²) in [5, 5.41) is 3.37. The molecule has 4 nitrogen and oxygen atoms in total. The fraction of sp³-hybridized carbons (Fsp3) is 0.333. The Morgan fingerprint density at radius 2 is 2.19 bits per heavy atom. The number of pyridine rings is 1. The van der Waals surface area contributed by atoms with Gasteiger partial charge in [-0.15, -0.1) is 0 Å². The number of imidazole rings is 1. The van der Waals surface area contributed by atoms with Crippen molar-refractivity contribution in [3.05, 3.63) is 36.5 Å². The molecule has 4 heteroatoms. The maximum atomic E-state index is 4.40. The molecule has 1 aliphatic carbocycles. The third kappa shape index (κ3) is 1.78. The average molecular weight is 214 g/mol. The third-order valence-electron chi connectivity index (χ3n) is 2.78. The summed E-state index contributed by atoms with van der Waals surface area (Å²) in [7, 11) is 0. The van der Waals surface area contributed by atoms with Crippen LogP contribution in [-0.4, -0.2) is 20.6 Å². The topological polar surface area (TPSA) is 42.7 Å². The highest BCUT2D eigenvalue weighted by Gasteiger charge is 2.20. The van der Waals surface area contributed by atoms with E-state index in [4.69, 9.17) is 0 Å². The van der Waals surface area contributed by atoms with Crippen molar-refractivity contribution in [3.63, 3.8) is 0 Å². The minimum Gasteiger partial charge on any atom is -0.367 e. The highest BCUT2D eigenvalue weighted by Crippen LogP contribution is 2.23. The van der Waals surface area contributed by atoms with Gasteiger partial charge in [0.15, 0.2) is 0 Å². The molecule has 3 rings (SSSR count). The minimum atomic E-state index is 0.647. The molecule has 2 heterocycles. The second kappa shape index (κ2) is 3.63. The average Bonchev–Trinajstić information content (AvgIpc) is 3.00. The zero-order valence-corrected chi connectivity index (χ0v) is 9.22. The van der Waals surface area contributed by atoms with E-state index in [1.165, 1.54) is 12.8 Å². The molecule has 16 heavy (non-hydrogen) atoms. The molecule has 2 aromatic rings. The number of hydrogen-bond acceptors (Lipinski definition) is 3. The number of nitrogens with one attached hydrogen (secondary N) is 1. The maximum absolute atomic E-state index is 4.40. The molecular weight excluding hydrogens is 200 g/mol. The Bertz CT molecular complexity index is 482. The van der Waals surface area contributed by atoms with Crippen molar-refractivity contribution < 1.29 is 0 Å². The van der Waals surface area contributed by atoms with Crippen LogP contribution in [0.25, 0.3) is 5.69 Å². The molecule has 0 spiro atoms. The number of rotatable bonds is 3. The summed E-state index contributed by atoms with van der Waals surface area (Å²) in [5.41, 5.74) is 1.05. The predicted octanol–water partition coefficient (Wildman–Crippen LogP) is 2.15. The zero-order chi connectivity index (χ0) is 11.0. The standard InChI is InChI=1S/C12H14N4/c1-9-13-6-7-16(9)11-4-5-12(14-8-11)15-10-2-3-10/h4-8,10H,2-3H2,1H3,(H,14,15). The highest BCUT2D eigenvalue weighted by molar-refractivity contribution is 5.42. The Kier molecular flexibility index (Phi) is 2.13. The van der Waals surface area contributed by atoms with E-state index >= 15 is 0 Å². The summed E-state index contributed by atoms with van der Waals surface area (Å²) < 4.78 is 2.02. The lowest BCUT2D eigenvalue weighted by Crippen LogP contribution is -2.03. The van der Waals surface area contributed by atoms with E-state index in [2.05, 4.69) is 21.4 Å². The van der Waals surface area contributed by atoms with Crippen LogP contribution >= 0.6 is 0 Å². The first-order valence-electron chi connectivity index (χ1n) is 5.56. The third-order valence-corrected chi connectivity index (χ3v) is 2.78. The van der Waals surface area contributed by atoms with Gasteiger partial charge in [-0.05, 0) is 31.9 Å². The summed E-state index contributed by atoms with van der Waals surface area (Å²) in [6, 6.07) is 4.73. The molecule has 0 radical (unpaired) electrons.